The van der Waals surface area contributed by atoms with Crippen molar-refractivity contribution in [2.75, 3.05) is 0 Å². The van der Waals surface area contributed by atoms with Crippen LogP contribution in [0.2, 0.25) is 0 Å². The highest BCUT2D eigenvalue weighted by molar-refractivity contribution is 8.24. The van der Waals surface area contributed by atoms with Crippen LogP contribution in [0.5, 0.6) is 0 Å². The van der Waals surface area contributed by atoms with Crippen molar-refractivity contribution >= 4 is 16.4 Å². The Balaban J connectivity index is 2.38. The molecule has 2 N–H and O–H groups in total. The van der Waals surface area contributed by atoms with Crippen LogP contribution in [-0.4, -0.2) is 14.9 Å². The monoisotopic (exact) mass is 246 g/mol. The Morgan fingerprint density at radius 3 is 1.65 bits per heavy atom. The second-order valence-electron chi connectivity index (χ2n) is 3.87. The van der Waals surface area contributed by atoms with Gasteiger partial charge in [-0.1, -0.05) is 24.3 Å². The van der Waals surface area contributed by atoms with Crippen molar-refractivity contribution in [3.05, 3.63) is 59.7 Å². The Hall–Kier alpha value is -1.62. The summed E-state index contributed by atoms with van der Waals surface area (Å²) in [6.07, 6.45) is 0. The van der Waals surface area contributed by atoms with Gasteiger partial charge in [0.2, 0.25) is 0 Å². The zero-order valence-electron chi connectivity index (χ0n) is 8.83. The normalized spacial score (nSPS) is 18.1. The third-order valence-electron chi connectivity index (χ3n) is 2.88. The summed E-state index contributed by atoms with van der Waals surface area (Å²) >= 11 is 0. The Kier molecular flexibility index (Phi) is 2.13. The summed E-state index contributed by atoms with van der Waals surface area (Å²) in [6, 6.07) is 13.3. The zero-order valence-corrected chi connectivity index (χ0v) is 9.65. The molecule has 1 aliphatic rings. The minimum absolute atomic E-state index is 0.151. The van der Waals surface area contributed by atoms with Gasteiger partial charge in [-0.2, -0.15) is 0 Å². The molecule has 0 unspecified atom stereocenters. The Morgan fingerprint density at radius 2 is 1.18 bits per heavy atom. The maximum atomic E-state index is 12.2. The quantitative estimate of drug-likeness (QED) is 0.749. The van der Waals surface area contributed by atoms with E-state index in [9.17, 15) is 13.9 Å². The minimum atomic E-state index is -3.06. The largest absolute Gasteiger partial charge is 0.290 e. The third-order valence-corrected chi connectivity index (χ3v) is 4.82. The van der Waals surface area contributed by atoms with Crippen LogP contribution in [0.15, 0.2) is 58.3 Å². The molecule has 2 aromatic carbocycles. The van der Waals surface area contributed by atoms with Crippen LogP contribution in [0.1, 0.15) is 15.9 Å². The summed E-state index contributed by atoms with van der Waals surface area (Å²) in [5.41, 5.74) is 0.761. The lowest BCUT2D eigenvalue weighted by Gasteiger charge is -2.38. The van der Waals surface area contributed by atoms with Crippen molar-refractivity contribution in [1.82, 2.24) is 0 Å². The highest BCUT2D eigenvalue weighted by atomic mass is 32.3. The number of carbonyl (C=O) groups excluding carboxylic acids is 1. The first kappa shape index (κ1) is 10.5. The third kappa shape index (κ3) is 1.35. The van der Waals surface area contributed by atoms with Crippen LogP contribution in [0.3, 0.4) is 0 Å². The van der Waals surface area contributed by atoms with Crippen LogP contribution in [0, 0.1) is 0 Å². The van der Waals surface area contributed by atoms with Gasteiger partial charge in [0.05, 0.1) is 9.79 Å². The van der Waals surface area contributed by atoms with Crippen LogP contribution in [0.25, 0.3) is 0 Å². The van der Waals surface area contributed by atoms with E-state index < -0.39 is 10.6 Å². The molecule has 4 heteroatoms. The summed E-state index contributed by atoms with van der Waals surface area (Å²) in [5, 5.41) is 0. The van der Waals surface area contributed by atoms with E-state index >= 15 is 0 Å². The SMILES string of the molecule is O=C1c2ccccc2S(O)(O)c2ccccc21. The molecular formula is C13H10O3S. The second-order valence-corrected chi connectivity index (χ2v) is 5.85. The van der Waals surface area contributed by atoms with E-state index in [2.05, 4.69) is 0 Å². The maximum Gasteiger partial charge on any atom is 0.196 e. The molecule has 0 saturated carbocycles. The molecule has 0 aliphatic carbocycles. The summed E-state index contributed by atoms with van der Waals surface area (Å²) in [7, 11) is -3.06. The smallest absolute Gasteiger partial charge is 0.196 e. The van der Waals surface area contributed by atoms with Crippen molar-refractivity contribution in [2.24, 2.45) is 0 Å². The second kappa shape index (κ2) is 3.43. The van der Waals surface area contributed by atoms with Gasteiger partial charge in [-0.25, -0.2) is 0 Å². The first-order chi connectivity index (χ1) is 8.12. The molecule has 2 aromatic rings. The minimum Gasteiger partial charge on any atom is -0.290 e. The molecule has 17 heavy (non-hydrogen) atoms. The first-order valence-electron chi connectivity index (χ1n) is 5.13. The number of rotatable bonds is 0. The van der Waals surface area contributed by atoms with Gasteiger partial charge < -0.3 is 0 Å². The lowest BCUT2D eigenvalue weighted by molar-refractivity contribution is 0.103. The van der Waals surface area contributed by atoms with Crippen LogP contribution in [0.4, 0.5) is 0 Å². The molecule has 86 valence electrons. The van der Waals surface area contributed by atoms with Crippen LogP contribution >= 0.6 is 10.6 Å². The van der Waals surface area contributed by atoms with Gasteiger partial charge in [0, 0.05) is 11.1 Å². The molecule has 1 heterocycles. The lowest BCUT2D eigenvalue weighted by atomic mass is 10.0. The van der Waals surface area contributed by atoms with Crippen molar-refractivity contribution < 1.29 is 13.9 Å². The van der Waals surface area contributed by atoms with E-state index in [4.69, 9.17) is 0 Å². The fraction of sp³-hybridized carbons (Fsp3) is 0. The van der Waals surface area contributed by atoms with Crippen molar-refractivity contribution in [2.45, 2.75) is 9.79 Å². The van der Waals surface area contributed by atoms with E-state index in [0.29, 0.717) is 20.9 Å². The number of benzene rings is 2. The molecule has 3 rings (SSSR count). The van der Waals surface area contributed by atoms with Gasteiger partial charge in [0.25, 0.3) is 0 Å². The maximum absolute atomic E-state index is 12.2. The highest BCUT2D eigenvalue weighted by Gasteiger charge is 2.34. The molecule has 0 aromatic heterocycles. The van der Waals surface area contributed by atoms with E-state index in [-0.39, 0.29) is 5.78 Å². The molecule has 0 atom stereocenters. The fourth-order valence-corrected chi connectivity index (χ4v) is 3.78. The van der Waals surface area contributed by atoms with Crippen molar-refractivity contribution in [3.8, 4) is 0 Å². The van der Waals surface area contributed by atoms with E-state index in [1.54, 1.807) is 48.5 Å². The summed E-state index contributed by atoms with van der Waals surface area (Å²) in [4.78, 5) is 12.8. The number of fused-ring (bicyclic) bond motifs is 2. The molecule has 1 aliphatic heterocycles. The fourth-order valence-electron chi connectivity index (χ4n) is 2.07. The van der Waals surface area contributed by atoms with Crippen LogP contribution in [-0.2, 0) is 0 Å². The molecule has 0 saturated heterocycles. The molecule has 0 amide bonds. The van der Waals surface area contributed by atoms with E-state index in [1.807, 2.05) is 0 Å². The standard InChI is InChI=1S/C13H10O3S/c14-13-9-5-1-3-7-11(9)17(15,16)12-8-4-2-6-10(12)13/h1-8,15-16H. The highest BCUT2D eigenvalue weighted by Crippen LogP contribution is 2.60. The van der Waals surface area contributed by atoms with Crippen molar-refractivity contribution in [3.63, 3.8) is 0 Å². The van der Waals surface area contributed by atoms with Gasteiger partial charge in [-0.05, 0) is 24.3 Å². The predicted molar refractivity (Wildman–Crippen MR) is 65.7 cm³/mol. The molecule has 3 nitrogen and oxygen atoms in total. The number of carbonyl (C=O) groups is 1. The average molecular weight is 246 g/mol. The van der Waals surface area contributed by atoms with Gasteiger partial charge in [-0.3, -0.25) is 13.9 Å². The Morgan fingerprint density at radius 1 is 0.765 bits per heavy atom. The Labute approximate surface area is 100 Å². The Bertz CT molecular complexity index is 568. The molecular weight excluding hydrogens is 236 g/mol. The van der Waals surface area contributed by atoms with Gasteiger partial charge in [0.1, 0.15) is 0 Å². The predicted octanol–water partition coefficient (Wildman–Crippen LogP) is 3.40. The van der Waals surface area contributed by atoms with Gasteiger partial charge >= 0.3 is 0 Å². The average Bonchev–Trinajstić information content (AvgIpc) is 2.37. The molecule has 0 fully saturated rings. The molecule has 0 radical (unpaired) electrons. The summed E-state index contributed by atoms with van der Waals surface area (Å²) in [6.45, 7) is 0. The number of hydrogen-bond acceptors (Lipinski definition) is 3. The summed E-state index contributed by atoms with van der Waals surface area (Å²) < 4.78 is 20.6. The molecule has 0 spiro atoms. The van der Waals surface area contributed by atoms with Gasteiger partial charge in [0.15, 0.2) is 5.78 Å². The van der Waals surface area contributed by atoms with E-state index in [0.717, 1.165) is 0 Å². The topological polar surface area (TPSA) is 57.5 Å². The van der Waals surface area contributed by atoms with E-state index in [1.165, 1.54) is 0 Å². The zero-order chi connectivity index (χ0) is 12.0. The molecule has 0 bridgehead atoms. The lowest BCUT2D eigenvalue weighted by Crippen LogP contribution is -2.17. The number of hydrogen-bond donors (Lipinski definition) is 2. The first-order valence-corrected chi connectivity index (χ1v) is 6.68. The summed E-state index contributed by atoms with van der Waals surface area (Å²) in [5.74, 6) is -0.151. The number of ketones is 1. The van der Waals surface area contributed by atoms with Crippen LogP contribution < -0.4 is 0 Å². The van der Waals surface area contributed by atoms with Crippen molar-refractivity contribution in [1.29, 1.82) is 0 Å². The van der Waals surface area contributed by atoms with Gasteiger partial charge in [-0.15, -0.1) is 10.6 Å².